The van der Waals surface area contributed by atoms with E-state index >= 15 is 0 Å². The molecule has 1 N–H and O–H groups in total. The van der Waals surface area contributed by atoms with Crippen LogP contribution in [0, 0.1) is 11.3 Å². The van der Waals surface area contributed by atoms with E-state index < -0.39 is 0 Å². The number of benzene rings is 1. The summed E-state index contributed by atoms with van der Waals surface area (Å²) in [6.45, 7) is 0. The summed E-state index contributed by atoms with van der Waals surface area (Å²) < 4.78 is 10.9. The number of ether oxygens (including phenoxy) is 1. The molecule has 1 aromatic heterocycles. The van der Waals surface area contributed by atoms with Gasteiger partial charge in [-0.1, -0.05) is 12.1 Å². The van der Waals surface area contributed by atoms with Crippen molar-refractivity contribution in [2.45, 2.75) is 18.9 Å². The smallest absolute Gasteiger partial charge is 0.233 e. The Balaban J connectivity index is 2.00. The summed E-state index contributed by atoms with van der Waals surface area (Å²) in [5.74, 6) is 1.52. The molecule has 2 aromatic rings. The van der Waals surface area contributed by atoms with E-state index in [1.54, 1.807) is 7.11 Å². The van der Waals surface area contributed by atoms with E-state index in [0.29, 0.717) is 23.6 Å². The number of nitrogens with zero attached hydrogens (tertiary/aromatic N) is 2. The highest BCUT2D eigenvalue weighted by Crippen LogP contribution is 2.34. The van der Waals surface area contributed by atoms with Crippen molar-refractivity contribution in [2.24, 2.45) is 0 Å². The van der Waals surface area contributed by atoms with Gasteiger partial charge < -0.3 is 14.5 Å². The Kier molecular flexibility index (Phi) is 2.84. The Morgan fingerprint density at radius 1 is 1.42 bits per heavy atom. The molecule has 3 rings (SSSR count). The summed E-state index contributed by atoms with van der Waals surface area (Å²) in [6.07, 6.45) is 2.21. The van der Waals surface area contributed by atoms with Crippen molar-refractivity contribution in [2.75, 3.05) is 12.4 Å². The molecule has 1 heterocycles. The standard InChI is InChI=1S/C14H13N3O2/c1-18-12-5-3-2-4-10(12)13-17-11(8-15)14(19-13)16-9-6-7-9/h2-5,9,16H,6-7H2,1H3. The highest BCUT2D eigenvalue weighted by molar-refractivity contribution is 5.65. The molecule has 0 atom stereocenters. The number of nitrogens with one attached hydrogen (secondary N) is 1. The maximum absolute atomic E-state index is 9.09. The van der Waals surface area contributed by atoms with Crippen molar-refractivity contribution in [1.82, 2.24) is 4.98 Å². The lowest BCUT2D eigenvalue weighted by molar-refractivity contribution is 0.414. The Morgan fingerprint density at radius 2 is 2.21 bits per heavy atom. The molecule has 1 aliphatic carbocycles. The van der Waals surface area contributed by atoms with E-state index in [0.717, 1.165) is 18.4 Å². The Labute approximate surface area is 110 Å². The molecule has 0 spiro atoms. The number of oxazole rings is 1. The van der Waals surface area contributed by atoms with Gasteiger partial charge in [-0.15, -0.1) is 0 Å². The minimum Gasteiger partial charge on any atom is -0.496 e. The van der Waals surface area contributed by atoms with Gasteiger partial charge in [0.15, 0.2) is 0 Å². The van der Waals surface area contributed by atoms with Crippen LogP contribution in [0.3, 0.4) is 0 Å². The molecule has 0 bridgehead atoms. The average Bonchev–Trinajstić information content (AvgIpc) is 3.17. The number of hydrogen-bond donors (Lipinski definition) is 1. The van der Waals surface area contributed by atoms with Crippen LogP contribution in [0.1, 0.15) is 18.5 Å². The topological polar surface area (TPSA) is 71.1 Å². The van der Waals surface area contributed by atoms with Crippen LogP contribution in [0.25, 0.3) is 11.5 Å². The number of nitriles is 1. The van der Waals surface area contributed by atoms with Crippen molar-refractivity contribution < 1.29 is 9.15 Å². The third kappa shape index (κ3) is 2.25. The van der Waals surface area contributed by atoms with E-state index in [4.69, 9.17) is 14.4 Å². The first-order chi connectivity index (χ1) is 9.31. The zero-order valence-corrected chi connectivity index (χ0v) is 10.5. The van der Waals surface area contributed by atoms with Crippen LogP contribution in [0.5, 0.6) is 5.75 Å². The molecule has 0 radical (unpaired) electrons. The van der Waals surface area contributed by atoms with Crippen molar-refractivity contribution >= 4 is 5.88 Å². The largest absolute Gasteiger partial charge is 0.496 e. The molecule has 19 heavy (non-hydrogen) atoms. The van der Waals surface area contributed by atoms with Gasteiger partial charge in [-0.05, 0) is 25.0 Å². The quantitative estimate of drug-likeness (QED) is 0.909. The van der Waals surface area contributed by atoms with Gasteiger partial charge in [0.05, 0.1) is 12.7 Å². The molecular weight excluding hydrogens is 242 g/mol. The zero-order valence-electron chi connectivity index (χ0n) is 10.5. The molecule has 0 saturated heterocycles. The zero-order chi connectivity index (χ0) is 13.2. The first-order valence-electron chi connectivity index (χ1n) is 6.12. The lowest BCUT2D eigenvalue weighted by atomic mass is 10.2. The number of methoxy groups -OCH3 is 1. The SMILES string of the molecule is COc1ccccc1-c1nc(C#N)c(NC2CC2)o1. The molecule has 0 amide bonds. The molecule has 1 aliphatic rings. The normalized spacial score (nSPS) is 13.9. The van der Waals surface area contributed by atoms with Gasteiger partial charge >= 0.3 is 0 Å². The number of aromatic nitrogens is 1. The second-order valence-electron chi connectivity index (χ2n) is 4.43. The number of rotatable bonds is 4. The Hall–Kier alpha value is -2.48. The summed E-state index contributed by atoms with van der Waals surface area (Å²) in [5.41, 5.74) is 1.03. The van der Waals surface area contributed by atoms with E-state index in [9.17, 15) is 0 Å². The van der Waals surface area contributed by atoms with E-state index in [-0.39, 0.29) is 5.69 Å². The summed E-state index contributed by atoms with van der Waals surface area (Å²) >= 11 is 0. The molecule has 0 aliphatic heterocycles. The maximum atomic E-state index is 9.09. The summed E-state index contributed by atoms with van der Waals surface area (Å²) in [6, 6.07) is 9.89. The fraction of sp³-hybridized carbons (Fsp3) is 0.286. The van der Waals surface area contributed by atoms with E-state index in [1.807, 2.05) is 30.3 Å². The highest BCUT2D eigenvalue weighted by atomic mass is 16.5. The van der Waals surface area contributed by atoms with Gasteiger partial charge in [-0.3, -0.25) is 0 Å². The van der Waals surface area contributed by atoms with Gasteiger partial charge in [-0.2, -0.15) is 10.2 Å². The van der Waals surface area contributed by atoms with Crippen molar-refractivity contribution in [3.8, 4) is 23.3 Å². The van der Waals surface area contributed by atoms with Gasteiger partial charge in [-0.25, -0.2) is 0 Å². The Morgan fingerprint density at radius 3 is 2.89 bits per heavy atom. The van der Waals surface area contributed by atoms with Crippen LogP contribution < -0.4 is 10.1 Å². The average molecular weight is 255 g/mol. The summed E-state index contributed by atoms with van der Waals surface area (Å²) in [5, 5.41) is 12.3. The van der Waals surface area contributed by atoms with Crippen LogP contribution in [0.2, 0.25) is 0 Å². The summed E-state index contributed by atoms with van der Waals surface area (Å²) in [7, 11) is 1.59. The number of anilines is 1. The van der Waals surface area contributed by atoms with Crippen molar-refractivity contribution in [3.63, 3.8) is 0 Å². The predicted molar refractivity (Wildman–Crippen MR) is 69.9 cm³/mol. The minimum absolute atomic E-state index is 0.285. The van der Waals surface area contributed by atoms with Gasteiger partial charge in [0, 0.05) is 6.04 Å². The van der Waals surface area contributed by atoms with Crippen LogP contribution in [-0.4, -0.2) is 18.1 Å². The second kappa shape index (κ2) is 4.65. The molecule has 96 valence electrons. The maximum Gasteiger partial charge on any atom is 0.233 e. The van der Waals surface area contributed by atoms with E-state index in [1.165, 1.54) is 0 Å². The van der Waals surface area contributed by atoms with Gasteiger partial charge in [0.25, 0.3) is 0 Å². The Bertz CT molecular complexity index is 638. The van der Waals surface area contributed by atoms with Crippen LogP contribution in [0.4, 0.5) is 5.88 Å². The molecule has 1 saturated carbocycles. The fourth-order valence-electron chi connectivity index (χ4n) is 1.84. The summed E-state index contributed by atoms with van der Waals surface area (Å²) in [4.78, 5) is 4.22. The van der Waals surface area contributed by atoms with Crippen molar-refractivity contribution in [3.05, 3.63) is 30.0 Å². The van der Waals surface area contributed by atoms with E-state index in [2.05, 4.69) is 10.3 Å². The molecule has 1 aromatic carbocycles. The van der Waals surface area contributed by atoms with Gasteiger partial charge in [0.2, 0.25) is 17.5 Å². The monoisotopic (exact) mass is 255 g/mol. The molecule has 5 nitrogen and oxygen atoms in total. The molecule has 1 fully saturated rings. The lowest BCUT2D eigenvalue weighted by Crippen LogP contribution is -2.00. The molecule has 5 heteroatoms. The predicted octanol–water partition coefficient (Wildman–Crippen LogP) is 2.80. The first kappa shape index (κ1) is 11.6. The second-order valence-corrected chi connectivity index (χ2v) is 4.43. The third-order valence-corrected chi connectivity index (χ3v) is 2.98. The number of hydrogen-bond acceptors (Lipinski definition) is 5. The van der Waals surface area contributed by atoms with Gasteiger partial charge in [0.1, 0.15) is 11.8 Å². The molecular formula is C14H13N3O2. The van der Waals surface area contributed by atoms with Crippen LogP contribution in [0.15, 0.2) is 28.7 Å². The fourth-order valence-corrected chi connectivity index (χ4v) is 1.84. The van der Waals surface area contributed by atoms with Crippen LogP contribution >= 0.6 is 0 Å². The third-order valence-electron chi connectivity index (χ3n) is 2.98. The van der Waals surface area contributed by atoms with Crippen LogP contribution in [-0.2, 0) is 0 Å². The number of para-hydroxylation sites is 1. The first-order valence-corrected chi connectivity index (χ1v) is 6.12. The highest BCUT2D eigenvalue weighted by Gasteiger charge is 2.25. The lowest BCUT2D eigenvalue weighted by Gasteiger charge is -2.04. The van der Waals surface area contributed by atoms with Crippen molar-refractivity contribution in [1.29, 1.82) is 5.26 Å². The molecule has 0 unspecified atom stereocenters. The minimum atomic E-state index is 0.285.